The number of carbonyl (C=O) groups excluding carboxylic acids is 1. The lowest BCUT2D eigenvalue weighted by Gasteiger charge is -2.25. The van der Waals surface area contributed by atoms with Gasteiger partial charge in [0.1, 0.15) is 5.82 Å². The molecule has 0 aromatic heterocycles. The van der Waals surface area contributed by atoms with Gasteiger partial charge in [-0.05, 0) is 42.4 Å². The summed E-state index contributed by atoms with van der Waals surface area (Å²) in [4.78, 5) is 13.6. The van der Waals surface area contributed by atoms with E-state index in [1.807, 2.05) is 4.90 Å². The van der Waals surface area contributed by atoms with Crippen molar-refractivity contribution >= 4 is 5.91 Å². The van der Waals surface area contributed by atoms with Gasteiger partial charge in [0.2, 0.25) is 5.91 Å². The van der Waals surface area contributed by atoms with Gasteiger partial charge < -0.3 is 5.73 Å². The molecule has 1 aliphatic carbocycles. The van der Waals surface area contributed by atoms with E-state index in [0.29, 0.717) is 18.0 Å². The van der Waals surface area contributed by atoms with Crippen LogP contribution >= 0.6 is 0 Å². The number of fused-ring (bicyclic) bond motifs is 1. The molecular formula is C16H18F4N2O. The largest absolute Gasteiger partial charge is 0.419 e. The average molecular weight is 330 g/mol. The first-order valence-electron chi connectivity index (χ1n) is 7.66. The van der Waals surface area contributed by atoms with Crippen molar-refractivity contribution in [2.24, 2.45) is 17.6 Å². The minimum absolute atomic E-state index is 0.171. The monoisotopic (exact) mass is 330 g/mol. The molecule has 2 N–H and O–H groups in total. The highest BCUT2D eigenvalue weighted by Gasteiger charge is 2.46. The van der Waals surface area contributed by atoms with Crippen LogP contribution in [0.3, 0.4) is 0 Å². The van der Waals surface area contributed by atoms with E-state index < -0.39 is 29.5 Å². The molecule has 1 saturated carbocycles. The fourth-order valence-corrected chi connectivity index (χ4v) is 4.07. The molecule has 3 nitrogen and oxygen atoms in total. The van der Waals surface area contributed by atoms with Gasteiger partial charge in [-0.3, -0.25) is 9.69 Å². The number of amides is 1. The van der Waals surface area contributed by atoms with Crippen LogP contribution in [0, 0.1) is 17.7 Å². The Morgan fingerprint density at radius 3 is 2.70 bits per heavy atom. The second-order valence-electron chi connectivity index (χ2n) is 6.44. The van der Waals surface area contributed by atoms with Crippen molar-refractivity contribution < 1.29 is 22.4 Å². The van der Waals surface area contributed by atoms with Crippen molar-refractivity contribution in [3.05, 3.63) is 35.1 Å². The summed E-state index contributed by atoms with van der Waals surface area (Å²) in [5.74, 6) is -1.16. The summed E-state index contributed by atoms with van der Waals surface area (Å²) in [5.41, 5.74) is 4.57. The Kier molecular flexibility index (Phi) is 4.08. The van der Waals surface area contributed by atoms with Gasteiger partial charge in [-0.1, -0.05) is 12.5 Å². The lowest BCUT2D eigenvalue weighted by atomic mass is 9.93. The summed E-state index contributed by atoms with van der Waals surface area (Å²) in [6.45, 7) is 0.820. The van der Waals surface area contributed by atoms with Gasteiger partial charge in [-0.15, -0.1) is 0 Å². The highest BCUT2D eigenvalue weighted by Crippen LogP contribution is 2.42. The van der Waals surface area contributed by atoms with Gasteiger partial charge in [0, 0.05) is 13.1 Å². The van der Waals surface area contributed by atoms with E-state index in [0.717, 1.165) is 31.4 Å². The SMILES string of the molecule is NC(=O)C1C2CCCC2CN1Cc1ccc(F)c(C(F)(F)F)c1. The van der Waals surface area contributed by atoms with E-state index in [9.17, 15) is 22.4 Å². The molecule has 1 amide bonds. The Hall–Kier alpha value is -1.63. The minimum atomic E-state index is -4.73. The number of benzene rings is 1. The Balaban J connectivity index is 1.83. The number of hydrogen-bond donors (Lipinski definition) is 1. The summed E-state index contributed by atoms with van der Waals surface area (Å²) in [6, 6.07) is 2.54. The number of nitrogens with two attached hydrogens (primary N) is 1. The first kappa shape index (κ1) is 16.2. The summed E-state index contributed by atoms with van der Waals surface area (Å²) < 4.78 is 51.8. The molecule has 7 heteroatoms. The van der Waals surface area contributed by atoms with Crippen LogP contribution in [0.1, 0.15) is 30.4 Å². The van der Waals surface area contributed by atoms with Crippen LogP contribution in [0.15, 0.2) is 18.2 Å². The van der Waals surface area contributed by atoms with E-state index in [1.165, 1.54) is 6.07 Å². The van der Waals surface area contributed by atoms with E-state index in [-0.39, 0.29) is 12.5 Å². The molecule has 2 aliphatic rings. The van der Waals surface area contributed by atoms with Gasteiger partial charge in [-0.2, -0.15) is 13.2 Å². The van der Waals surface area contributed by atoms with Crippen LogP contribution in [0.25, 0.3) is 0 Å². The van der Waals surface area contributed by atoms with E-state index in [1.54, 1.807) is 0 Å². The van der Waals surface area contributed by atoms with Crippen LogP contribution < -0.4 is 5.73 Å². The normalized spacial score (nSPS) is 28.1. The van der Waals surface area contributed by atoms with Crippen LogP contribution in [-0.2, 0) is 17.5 Å². The standard InChI is InChI=1S/C16H18F4N2O/c17-13-5-4-9(6-12(13)16(18,19)20)7-22-8-10-2-1-3-11(10)14(22)15(21)23/h4-6,10-11,14H,1-3,7-8H2,(H2,21,23). The third kappa shape index (κ3) is 3.06. The number of halogens is 4. The van der Waals surface area contributed by atoms with Crippen molar-refractivity contribution in [3.63, 3.8) is 0 Å². The summed E-state index contributed by atoms with van der Waals surface area (Å²) in [5, 5.41) is 0. The van der Waals surface area contributed by atoms with E-state index in [2.05, 4.69) is 0 Å². The molecule has 1 aromatic carbocycles. The zero-order valence-electron chi connectivity index (χ0n) is 12.4. The molecule has 0 radical (unpaired) electrons. The molecule has 0 bridgehead atoms. The second kappa shape index (κ2) is 5.78. The first-order chi connectivity index (χ1) is 10.8. The van der Waals surface area contributed by atoms with Gasteiger partial charge in [-0.25, -0.2) is 4.39 Å². The lowest BCUT2D eigenvalue weighted by Crippen LogP contribution is -2.43. The Labute approximate surface area is 131 Å². The maximum atomic E-state index is 13.4. The fraction of sp³-hybridized carbons (Fsp3) is 0.562. The molecule has 1 aliphatic heterocycles. The third-order valence-corrected chi connectivity index (χ3v) is 5.00. The van der Waals surface area contributed by atoms with Gasteiger partial charge in [0.15, 0.2) is 0 Å². The zero-order chi connectivity index (χ0) is 16.8. The molecule has 0 spiro atoms. The van der Waals surface area contributed by atoms with Gasteiger partial charge >= 0.3 is 6.18 Å². The molecule has 3 rings (SSSR count). The van der Waals surface area contributed by atoms with Crippen molar-refractivity contribution in [3.8, 4) is 0 Å². The number of likely N-dealkylation sites (tertiary alicyclic amines) is 1. The van der Waals surface area contributed by atoms with E-state index >= 15 is 0 Å². The van der Waals surface area contributed by atoms with Crippen molar-refractivity contribution in [1.29, 1.82) is 0 Å². The van der Waals surface area contributed by atoms with Gasteiger partial charge in [0.05, 0.1) is 11.6 Å². The highest BCUT2D eigenvalue weighted by atomic mass is 19.4. The van der Waals surface area contributed by atoms with Crippen LogP contribution in [0.5, 0.6) is 0 Å². The Morgan fingerprint density at radius 2 is 2.04 bits per heavy atom. The Morgan fingerprint density at radius 1 is 1.30 bits per heavy atom. The lowest BCUT2D eigenvalue weighted by molar-refractivity contribution is -0.140. The van der Waals surface area contributed by atoms with Crippen molar-refractivity contribution in [2.75, 3.05) is 6.54 Å². The molecule has 3 unspecified atom stereocenters. The van der Waals surface area contributed by atoms with Crippen LogP contribution in [0.2, 0.25) is 0 Å². The zero-order valence-corrected chi connectivity index (χ0v) is 12.4. The number of alkyl halides is 3. The average Bonchev–Trinajstić information content (AvgIpc) is 2.99. The smallest absolute Gasteiger partial charge is 0.368 e. The minimum Gasteiger partial charge on any atom is -0.368 e. The number of hydrogen-bond acceptors (Lipinski definition) is 2. The molecule has 1 heterocycles. The predicted octanol–water partition coefficient (Wildman–Crippen LogP) is 2.93. The predicted molar refractivity (Wildman–Crippen MR) is 75.6 cm³/mol. The number of carbonyl (C=O) groups is 1. The number of rotatable bonds is 3. The Bertz CT molecular complexity index is 617. The van der Waals surface area contributed by atoms with Crippen LogP contribution in [0.4, 0.5) is 17.6 Å². The molecule has 2 fully saturated rings. The molecular weight excluding hydrogens is 312 g/mol. The quantitative estimate of drug-likeness (QED) is 0.866. The second-order valence-corrected chi connectivity index (χ2v) is 6.44. The molecule has 126 valence electrons. The summed E-state index contributed by atoms with van der Waals surface area (Å²) in [6.07, 6.45) is -1.74. The van der Waals surface area contributed by atoms with Crippen molar-refractivity contribution in [2.45, 2.75) is 38.0 Å². The maximum Gasteiger partial charge on any atom is 0.419 e. The molecule has 3 atom stereocenters. The molecule has 1 aromatic rings. The third-order valence-electron chi connectivity index (χ3n) is 5.00. The van der Waals surface area contributed by atoms with E-state index in [4.69, 9.17) is 5.73 Å². The molecule has 23 heavy (non-hydrogen) atoms. The molecule has 1 saturated heterocycles. The first-order valence-corrected chi connectivity index (χ1v) is 7.66. The summed E-state index contributed by atoms with van der Waals surface area (Å²) >= 11 is 0. The number of nitrogens with zero attached hydrogens (tertiary/aromatic N) is 1. The highest BCUT2D eigenvalue weighted by molar-refractivity contribution is 5.80. The van der Waals surface area contributed by atoms with Crippen molar-refractivity contribution in [1.82, 2.24) is 4.90 Å². The number of primary amides is 1. The summed E-state index contributed by atoms with van der Waals surface area (Å²) in [7, 11) is 0. The fourth-order valence-electron chi connectivity index (χ4n) is 4.07. The van der Waals surface area contributed by atoms with Crippen LogP contribution in [-0.4, -0.2) is 23.4 Å². The maximum absolute atomic E-state index is 13.4. The topological polar surface area (TPSA) is 46.3 Å². The van der Waals surface area contributed by atoms with Gasteiger partial charge in [0.25, 0.3) is 0 Å².